The minimum atomic E-state index is -0.197. The molecule has 0 atom stereocenters. The van der Waals surface area contributed by atoms with Crippen molar-refractivity contribution in [3.05, 3.63) is 23.2 Å². The molecule has 3 nitrogen and oxygen atoms in total. The van der Waals surface area contributed by atoms with Crippen LogP contribution in [0.25, 0.3) is 0 Å². The third-order valence-electron chi connectivity index (χ3n) is 1.13. The first-order valence-corrected chi connectivity index (χ1v) is 3.19. The average molecular weight is 170 g/mol. The van der Waals surface area contributed by atoms with Crippen molar-refractivity contribution in [3.8, 4) is 5.75 Å². The van der Waals surface area contributed by atoms with E-state index in [4.69, 9.17) is 16.7 Å². The molecule has 0 aliphatic heterocycles. The normalized spacial score (nSPS) is 8.82. The molecule has 56 valence electrons. The second-order valence-corrected chi connectivity index (χ2v) is 2.22. The zero-order chi connectivity index (χ0) is 8.27. The molecule has 1 N–H and O–H groups in total. The van der Waals surface area contributed by atoms with Gasteiger partial charge in [0.25, 0.3) is 0 Å². The molecule has 0 fully saturated rings. The van der Waals surface area contributed by atoms with Gasteiger partial charge in [0, 0.05) is 0 Å². The minimum absolute atomic E-state index is 0.132. The van der Waals surface area contributed by atoms with Gasteiger partial charge in [-0.05, 0) is 12.1 Å². The van der Waals surface area contributed by atoms with Crippen molar-refractivity contribution in [2.24, 2.45) is 4.99 Å². The van der Waals surface area contributed by atoms with E-state index in [0.29, 0.717) is 0 Å². The zero-order valence-electron chi connectivity index (χ0n) is 5.41. The van der Waals surface area contributed by atoms with Crippen LogP contribution in [0, 0.1) is 0 Å². The molecule has 11 heavy (non-hydrogen) atoms. The van der Waals surface area contributed by atoms with Crippen molar-refractivity contribution in [1.82, 2.24) is 0 Å². The zero-order valence-corrected chi connectivity index (χ0v) is 6.17. The molecule has 0 aliphatic carbocycles. The van der Waals surface area contributed by atoms with E-state index in [1.165, 1.54) is 18.2 Å². The van der Waals surface area contributed by atoms with Gasteiger partial charge in [0.05, 0.1) is 5.02 Å². The molecule has 0 aliphatic rings. The highest BCUT2D eigenvalue weighted by Gasteiger charge is 2.01. The third kappa shape index (κ3) is 1.58. The summed E-state index contributed by atoms with van der Waals surface area (Å²) in [6, 6.07) is 4.55. The molecule has 1 aromatic carbocycles. The predicted molar refractivity (Wildman–Crippen MR) is 40.9 cm³/mol. The number of halogens is 1. The van der Waals surface area contributed by atoms with Crippen LogP contribution in [0.5, 0.6) is 5.75 Å². The summed E-state index contributed by atoms with van der Waals surface area (Å²) < 4.78 is 0. The van der Waals surface area contributed by atoms with Crippen molar-refractivity contribution in [3.63, 3.8) is 0 Å². The Kier molecular flexibility index (Phi) is 2.26. The minimum Gasteiger partial charge on any atom is -0.504 e. The van der Waals surface area contributed by atoms with Crippen LogP contribution in [0.3, 0.4) is 0 Å². The van der Waals surface area contributed by atoms with Gasteiger partial charge < -0.3 is 5.11 Å². The Morgan fingerprint density at radius 3 is 2.91 bits per heavy atom. The van der Waals surface area contributed by atoms with Crippen LogP contribution in [0.1, 0.15) is 0 Å². The summed E-state index contributed by atoms with van der Waals surface area (Å²) in [4.78, 5) is 13.0. The lowest BCUT2D eigenvalue weighted by Gasteiger charge is -1.96. The fourth-order valence-corrected chi connectivity index (χ4v) is 0.813. The highest BCUT2D eigenvalue weighted by atomic mass is 35.5. The van der Waals surface area contributed by atoms with Gasteiger partial charge in [0.2, 0.25) is 6.08 Å². The summed E-state index contributed by atoms with van der Waals surface area (Å²) in [6.45, 7) is 0. The molecule has 0 saturated carbocycles. The molecule has 4 heteroatoms. The van der Waals surface area contributed by atoms with Gasteiger partial charge in [-0.2, -0.15) is 4.99 Å². The monoisotopic (exact) mass is 169 g/mol. The number of isocyanates is 1. The van der Waals surface area contributed by atoms with E-state index in [2.05, 4.69) is 4.99 Å². The Balaban J connectivity index is 3.26. The van der Waals surface area contributed by atoms with Crippen LogP contribution in [0.2, 0.25) is 5.02 Å². The Hall–Kier alpha value is -1.31. The van der Waals surface area contributed by atoms with Crippen LogP contribution < -0.4 is 0 Å². The fourth-order valence-electron chi connectivity index (χ4n) is 0.643. The number of rotatable bonds is 1. The molecule has 0 amide bonds. The van der Waals surface area contributed by atoms with E-state index in [9.17, 15) is 4.79 Å². The lowest BCUT2D eigenvalue weighted by Crippen LogP contribution is -1.69. The average Bonchev–Trinajstić information content (AvgIpc) is 1.99. The molecule has 0 saturated heterocycles. The smallest absolute Gasteiger partial charge is 0.240 e. The van der Waals surface area contributed by atoms with E-state index in [1.54, 1.807) is 6.07 Å². The number of phenolic OH excluding ortho intramolecular Hbond substituents is 1. The van der Waals surface area contributed by atoms with Gasteiger partial charge in [-0.3, -0.25) is 0 Å². The molecule has 0 radical (unpaired) electrons. The van der Waals surface area contributed by atoms with Crippen molar-refractivity contribution >= 4 is 23.4 Å². The SMILES string of the molecule is O=C=Nc1cccc(Cl)c1O. The predicted octanol–water partition coefficient (Wildman–Crippen LogP) is 2.01. The quantitative estimate of drug-likeness (QED) is 0.517. The standard InChI is InChI=1S/C7H4ClNO2/c8-5-2-1-3-6(7(5)11)9-4-10/h1-3,11H. The van der Waals surface area contributed by atoms with Gasteiger partial charge in [0.15, 0.2) is 5.75 Å². The van der Waals surface area contributed by atoms with Crippen molar-refractivity contribution in [1.29, 1.82) is 0 Å². The van der Waals surface area contributed by atoms with Crippen LogP contribution in [0.4, 0.5) is 5.69 Å². The van der Waals surface area contributed by atoms with E-state index in [1.807, 2.05) is 0 Å². The first-order valence-electron chi connectivity index (χ1n) is 2.81. The van der Waals surface area contributed by atoms with Crippen LogP contribution >= 0.6 is 11.6 Å². The molecule has 0 heterocycles. The molecule has 0 aromatic heterocycles. The summed E-state index contributed by atoms with van der Waals surface area (Å²) in [5.41, 5.74) is 0.132. The Morgan fingerprint density at radius 1 is 1.55 bits per heavy atom. The van der Waals surface area contributed by atoms with Crippen molar-refractivity contribution in [2.75, 3.05) is 0 Å². The van der Waals surface area contributed by atoms with Crippen molar-refractivity contribution < 1.29 is 9.90 Å². The Labute approximate surface area is 68.0 Å². The number of aliphatic imine (C=N–C) groups is 1. The van der Waals surface area contributed by atoms with Crippen LogP contribution in [0.15, 0.2) is 23.2 Å². The highest BCUT2D eigenvalue weighted by molar-refractivity contribution is 6.32. The Morgan fingerprint density at radius 2 is 2.27 bits per heavy atom. The van der Waals surface area contributed by atoms with E-state index >= 15 is 0 Å². The number of benzene rings is 1. The first kappa shape index (κ1) is 7.79. The summed E-state index contributed by atoms with van der Waals surface area (Å²) in [6.07, 6.45) is 1.31. The third-order valence-corrected chi connectivity index (χ3v) is 1.44. The first-order chi connectivity index (χ1) is 5.25. The molecule has 1 rings (SSSR count). The summed E-state index contributed by atoms with van der Waals surface area (Å²) >= 11 is 5.51. The molecular formula is C7H4ClNO2. The highest BCUT2D eigenvalue weighted by Crippen LogP contribution is 2.32. The molecule has 0 unspecified atom stereocenters. The number of phenols is 1. The maximum absolute atomic E-state index is 9.79. The number of nitrogens with zero attached hydrogens (tertiary/aromatic N) is 1. The fraction of sp³-hybridized carbons (Fsp3) is 0. The topological polar surface area (TPSA) is 49.7 Å². The number of hydrogen-bond donors (Lipinski definition) is 1. The second kappa shape index (κ2) is 3.19. The maximum Gasteiger partial charge on any atom is 0.240 e. The van der Waals surface area contributed by atoms with Gasteiger partial charge in [-0.25, -0.2) is 4.79 Å². The summed E-state index contributed by atoms with van der Waals surface area (Å²) in [7, 11) is 0. The molecule has 1 aromatic rings. The van der Waals surface area contributed by atoms with Crippen LogP contribution in [-0.2, 0) is 4.79 Å². The van der Waals surface area contributed by atoms with Crippen molar-refractivity contribution in [2.45, 2.75) is 0 Å². The maximum atomic E-state index is 9.79. The van der Waals surface area contributed by atoms with E-state index < -0.39 is 0 Å². The summed E-state index contributed by atoms with van der Waals surface area (Å²) in [5.74, 6) is -0.197. The van der Waals surface area contributed by atoms with Gasteiger partial charge >= 0.3 is 0 Å². The van der Waals surface area contributed by atoms with Gasteiger partial charge in [-0.15, -0.1) is 0 Å². The Bertz CT molecular complexity index is 318. The molecule has 0 bridgehead atoms. The molecule has 0 spiro atoms. The number of hydrogen-bond acceptors (Lipinski definition) is 3. The number of aromatic hydroxyl groups is 1. The lowest BCUT2D eigenvalue weighted by molar-refractivity contribution is 0.477. The largest absolute Gasteiger partial charge is 0.504 e. The second-order valence-electron chi connectivity index (χ2n) is 1.81. The molecular weight excluding hydrogens is 166 g/mol. The lowest BCUT2D eigenvalue weighted by atomic mass is 10.3. The van der Waals surface area contributed by atoms with Crippen LogP contribution in [-0.4, -0.2) is 11.2 Å². The van der Waals surface area contributed by atoms with E-state index in [-0.39, 0.29) is 16.5 Å². The van der Waals surface area contributed by atoms with Gasteiger partial charge in [-0.1, -0.05) is 17.7 Å². The number of para-hydroxylation sites is 1. The summed E-state index contributed by atoms with van der Waals surface area (Å²) in [5, 5.41) is 9.29. The van der Waals surface area contributed by atoms with E-state index in [0.717, 1.165) is 0 Å². The van der Waals surface area contributed by atoms with Gasteiger partial charge in [0.1, 0.15) is 5.69 Å². The number of carbonyl (C=O) groups excluding carboxylic acids is 1.